The van der Waals surface area contributed by atoms with Gasteiger partial charge in [-0.3, -0.25) is 0 Å². The zero-order chi connectivity index (χ0) is 14.8. The number of amidine groups is 1. The second kappa shape index (κ2) is 5.78. The summed E-state index contributed by atoms with van der Waals surface area (Å²) >= 11 is 5.90. The average molecular weight is 301 g/mol. The van der Waals surface area contributed by atoms with E-state index < -0.39 is 0 Å². The van der Waals surface area contributed by atoms with Crippen molar-refractivity contribution < 1.29 is 4.74 Å². The highest BCUT2D eigenvalue weighted by Gasteiger charge is 2.31. The highest BCUT2D eigenvalue weighted by molar-refractivity contribution is 6.30. The van der Waals surface area contributed by atoms with Crippen LogP contribution < -0.4 is 9.64 Å². The Balaban J connectivity index is 1.84. The van der Waals surface area contributed by atoms with Crippen LogP contribution in [0.4, 0.5) is 11.4 Å². The normalized spacial score (nSPS) is 19.5. The Morgan fingerprint density at radius 2 is 1.76 bits per heavy atom. The van der Waals surface area contributed by atoms with Crippen LogP contribution in [-0.4, -0.2) is 19.0 Å². The molecule has 4 heteroatoms. The van der Waals surface area contributed by atoms with Gasteiger partial charge >= 0.3 is 0 Å². The Labute approximate surface area is 129 Å². The summed E-state index contributed by atoms with van der Waals surface area (Å²) in [6.07, 6.45) is 0.981. The van der Waals surface area contributed by atoms with Crippen molar-refractivity contribution >= 4 is 28.8 Å². The van der Waals surface area contributed by atoms with Crippen molar-refractivity contribution in [2.45, 2.75) is 19.4 Å². The molecule has 2 aromatic carbocycles. The van der Waals surface area contributed by atoms with E-state index in [1.807, 2.05) is 36.4 Å². The minimum Gasteiger partial charge on any atom is -0.497 e. The molecular weight excluding hydrogens is 284 g/mol. The first kappa shape index (κ1) is 14.0. The van der Waals surface area contributed by atoms with Gasteiger partial charge in [-0.2, -0.15) is 0 Å². The van der Waals surface area contributed by atoms with Crippen molar-refractivity contribution in [3.05, 3.63) is 53.6 Å². The summed E-state index contributed by atoms with van der Waals surface area (Å²) < 4.78 is 5.20. The molecule has 0 N–H and O–H groups in total. The molecule has 0 radical (unpaired) electrons. The van der Waals surface area contributed by atoms with Crippen LogP contribution in [0.5, 0.6) is 5.75 Å². The van der Waals surface area contributed by atoms with E-state index in [1.165, 1.54) is 0 Å². The Bertz CT molecular complexity index is 649. The molecule has 0 aliphatic carbocycles. The maximum absolute atomic E-state index is 5.90. The molecule has 1 fully saturated rings. The lowest BCUT2D eigenvalue weighted by Crippen LogP contribution is -2.51. The highest BCUT2D eigenvalue weighted by Crippen LogP contribution is 2.31. The fourth-order valence-corrected chi connectivity index (χ4v) is 2.63. The number of benzene rings is 2. The third-order valence-electron chi connectivity index (χ3n) is 3.63. The number of ether oxygens (including phenoxy) is 1. The first-order valence-electron chi connectivity index (χ1n) is 6.94. The number of aliphatic imine (C=N–C) groups is 1. The lowest BCUT2D eigenvalue weighted by Gasteiger charge is -2.42. The van der Waals surface area contributed by atoms with Gasteiger partial charge in [-0.25, -0.2) is 4.99 Å². The molecular formula is C17H17ClN2O. The van der Waals surface area contributed by atoms with E-state index in [4.69, 9.17) is 21.3 Å². The molecule has 0 saturated carbocycles. The Hall–Kier alpha value is -2.00. The fraction of sp³-hybridized carbons (Fsp3) is 0.235. The van der Waals surface area contributed by atoms with E-state index in [0.717, 1.165) is 34.4 Å². The molecule has 0 amide bonds. The molecule has 1 unspecified atom stereocenters. The topological polar surface area (TPSA) is 24.8 Å². The van der Waals surface area contributed by atoms with Crippen molar-refractivity contribution in [1.82, 2.24) is 0 Å². The van der Waals surface area contributed by atoms with Crippen LogP contribution in [0.2, 0.25) is 5.02 Å². The van der Waals surface area contributed by atoms with E-state index in [0.29, 0.717) is 6.04 Å². The molecule has 3 rings (SSSR count). The van der Waals surface area contributed by atoms with Gasteiger partial charge in [-0.15, -0.1) is 0 Å². The van der Waals surface area contributed by atoms with E-state index in [2.05, 4.69) is 24.0 Å². The monoisotopic (exact) mass is 300 g/mol. The number of methoxy groups -OCH3 is 1. The molecule has 1 aliphatic rings. The van der Waals surface area contributed by atoms with Crippen LogP contribution in [0.15, 0.2) is 53.5 Å². The van der Waals surface area contributed by atoms with E-state index in [1.54, 1.807) is 7.11 Å². The van der Waals surface area contributed by atoms with Crippen LogP contribution in [0.25, 0.3) is 0 Å². The molecule has 1 aliphatic heterocycles. The second-order valence-corrected chi connectivity index (χ2v) is 5.56. The van der Waals surface area contributed by atoms with Gasteiger partial charge < -0.3 is 9.64 Å². The lowest BCUT2D eigenvalue weighted by atomic mass is 10.0. The number of hydrogen-bond acceptors (Lipinski definition) is 2. The minimum absolute atomic E-state index is 0.462. The van der Waals surface area contributed by atoms with Crippen molar-refractivity contribution in [2.24, 2.45) is 4.99 Å². The molecule has 1 saturated heterocycles. The molecule has 21 heavy (non-hydrogen) atoms. The predicted molar refractivity (Wildman–Crippen MR) is 88.1 cm³/mol. The largest absolute Gasteiger partial charge is 0.497 e. The van der Waals surface area contributed by atoms with Gasteiger partial charge in [0.05, 0.1) is 12.8 Å². The van der Waals surface area contributed by atoms with Crippen LogP contribution in [-0.2, 0) is 0 Å². The van der Waals surface area contributed by atoms with Crippen LogP contribution >= 0.6 is 11.6 Å². The summed E-state index contributed by atoms with van der Waals surface area (Å²) in [5.74, 6) is 1.94. The molecule has 1 atom stereocenters. The summed E-state index contributed by atoms with van der Waals surface area (Å²) in [5.41, 5.74) is 2.07. The molecule has 0 bridgehead atoms. The maximum Gasteiger partial charge on any atom is 0.119 e. The van der Waals surface area contributed by atoms with Crippen molar-refractivity contribution in [1.29, 1.82) is 0 Å². The number of rotatable bonds is 3. The van der Waals surface area contributed by atoms with Crippen molar-refractivity contribution in [3.8, 4) is 5.75 Å². The SMILES string of the molecule is COc1ccc(N2C(=Nc3ccc(Cl)cc3)CC2C)cc1. The third-order valence-corrected chi connectivity index (χ3v) is 3.88. The molecule has 108 valence electrons. The number of halogens is 1. The van der Waals surface area contributed by atoms with E-state index >= 15 is 0 Å². The Morgan fingerprint density at radius 1 is 1.10 bits per heavy atom. The van der Waals surface area contributed by atoms with Crippen molar-refractivity contribution in [3.63, 3.8) is 0 Å². The first-order valence-corrected chi connectivity index (χ1v) is 7.31. The zero-order valence-corrected chi connectivity index (χ0v) is 12.8. The van der Waals surface area contributed by atoms with Gasteiger partial charge in [-0.05, 0) is 55.5 Å². The minimum atomic E-state index is 0.462. The zero-order valence-electron chi connectivity index (χ0n) is 12.1. The number of hydrogen-bond donors (Lipinski definition) is 0. The van der Waals surface area contributed by atoms with Crippen LogP contribution in [0.1, 0.15) is 13.3 Å². The molecule has 3 nitrogen and oxygen atoms in total. The predicted octanol–water partition coefficient (Wildman–Crippen LogP) is 4.68. The van der Waals surface area contributed by atoms with E-state index in [9.17, 15) is 0 Å². The average Bonchev–Trinajstić information content (AvgIpc) is 2.49. The summed E-state index contributed by atoms with van der Waals surface area (Å²) in [4.78, 5) is 6.95. The third kappa shape index (κ3) is 2.88. The van der Waals surface area contributed by atoms with Gasteiger partial charge in [-0.1, -0.05) is 11.6 Å². The number of anilines is 1. The lowest BCUT2D eigenvalue weighted by molar-refractivity contribution is 0.415. The molecule has 0 aromatic heterocycles. The van der Waals surface area contributed by atoms with Crippen LogP contribution in [0.3, 0.4) is 0 Å². The number of nitrogens with zero attached hydrogens (tertiary/aromatic N) is 2. The highest BCUT2D eigenvalue weighted by atomic mass is 35.5. The van der Waals surface area contributed by atoms with Gasteiger partial charge in [0.15, 0.2) is 0 Å². The van der Waals surface area contributed by atoms with E-state index in [-0.39, 0.29) is 0 Å². The summed E-state index contributed by atoms with van der Waals surface area (Å²) in [7, 11) is 1.68. The van der Waals surface area contributed by atoms with Gasteiger partial charge in [0.2, 0.25) is 0 Å². The summed E-state index contributed by atoms with van der Waals surface area (Å²) in [5, 5.41) is 0.730. The second-order valence-electron chi connectivity index (χ2n) is 5.13. The van der Waals surface area contributed by atoms with Gasteiger partial charge in [0.25, 0.3) is 0 Å². The smallest absolute Gasteiger partial charge is 0.119 e. The quantitative estimate of drug-likeness (QED) is 0.822. The Morgan fingerprint density at radius 3 is 2.33 bits per heavy atom. The van der Waals surface area contributed by atoms with Crippen molar-refractivity contribution in [2.75, 3.05) is 12.0 Å². The molecule has 0 spiro atoms. The standard InChI is InChI=1S/C17H17ClN2O/c1-12-11-17(19-14-5-3-13(18)4-6-14)20(12)15-7-9-16(21-2)10-8-15/h3-10,12H,11H2,1-2H3. The fourth-order valence-electron chi connectivity index (χ4n) is 2.51. The maximum atomic E-state index is 5.90. The summed E-state index contributed by atoms with van der Waals surface area (Å²) in [6.45, 7) is 2.20. The van der Waals surface area contributed by atoms with Crippen LogP contribution in [0, 0.1) is 0 Å². The first-order chi connectivity index (χ1) is 10.2. The van der Waals surface area contributed by atoms with Gasteiger partial charge in [0, 0.05) is 23.2 Å². The Kier molecular flexibility index (Phi) is 3.84. The molecule has 2 aromatic rings. The summed E-state index contributed by atoms with van der Waals surface area (Å²) in [6, 6.07) is 16.1. The molecule has 1 heterocycles. The van der Waals surface area contributed by atoms with Gasteiger partial charge in [0.1, 0.15) is 11.6 Å².